The van der Waals surface area contributed by atoms with E-state index in [-0.39, 0.29) is 5.97 Å². The Balaban J connectivity index is 1.58. The second kappa shape index (κ2) is 8.31. The Morgan fingerprint density at radius 2 is 1.72 bits per heavy atom. The van der Waals surface area contributed by atoms with Gasteiger partial charge in [-0.25, -0.2) is 4.79 Å². The SMILES string of the molecule is CCOC(=O)c1ccc(-c2ccc(C[NH2+]Cc3ccccc3)o2)cc1. The van der Waals surface area contributed by atoms with E-state index < -0.39 is 0 Å². The Bertz CT molecular complexity index is 807. The normalized spacial score (nSPS) is 10.6. The molecule has 2 aromatic carbocycles. The van der Waals surface area contributed by atoms with Crippen molar-refractivity contribution in [3.05, 3.63) is 83.6 Å². The summed E-state index contributed by atoms with van der Waals surface area (Å²) in [6.45, 7) is 3.88. The molecule has 4 nitrogen and oxygen atoms in total. The number of ether oxygens (including phenoxy) is 1. The molecule has 0 aliphatic rings. The van der Waals surface area contributed by atoms with Gasteiger partial charge in [0, 0.05) is 11.1 Å². The van der Waals surface area contributed by atoms with E-state index >= 15 is 0 Å². The number of carbonyl (C=O) groups excluding carboxylic acids is 1. The first-order chi connectivity index (χ1) is 12.3. The predicted octanol–water partition coefficient (Wildman–Crippen LogP) is 3.39. The van der Waals surface area contributed by atoms with Gasteiger partial charge < -0.3 is 14.5 Å². The summed E-state index contributed by atoms with van der Waals surface area (Å²) in [6.07, 6.45) is 0. The van der Waals surface area contributed by atoms with Crippen molar-refractivity contribution in [2.45, 2.75) is 20.0 Å². The molecule has 0 aliphatic heterocycles. The van der Waals surface area contributed by atoms with E-state index in [9.17, 15) is 4.79 Å². The summed E-state index contributed by atoms with van der Waals surface area (Å²) in [5, 5.41) is 2.21. The summed E-state index contributed by atoms with van der Waals surface area (Å²) < 4.78 is 10.9. The monoisotopic (exact) mass is 336 g/mol. The zero-order valence-electron chi connectivity index (χ0n) is 14.3. The number of rotatable bonds is 7. The van der Waals surface area contributed by atoms with Gasteiger partial charge in [-0.15, -0.1) is 0 Å². The molecule has 0 amide bonds. The molecule has 1 aromatic heterocycles. The van der Waals surface area contributed by atoms with Crippen LogP contribution >= 0.6 is 0 Å². The van der Waals surface area contributed by atoms with Gasteiger partial charge in [0.15, 0.2) is 5.76 Å². The zero-order chi connectivity index (χ0) is 17.5. The molecule has 0 saturated heterocycles. The van der Waals surface area contributed by atoms with Crippen LogP contribution in [0, 0.1) is 0 Å². The predicted molar refractivity (Wildman–Crippen MR) is 95.9 cm³/mol. The highest BCUT2D eigenvalue weighted by molar-refractivity contribution is 5.89. The Morgan fingerprint density at radius 3 is 2.44 bits per heavy atom. The number of hydrogen-bond acceptors (Lipinski definition) is 3. The average molecular weight is 336 g/mol. The Hall–Kier alpha value is -2.85. The van der Waals surface area contributed by atoms with Crippen molar-refractivity contribution < 1.29 is 19.3 Å². The van der Waals surface area contributed by atoms with E-state index in [0.717, 1.165) is 30.2 Å². The molecule has 3 rings (SSSR count). The Morgan fingerprint density at radius 1 is 0.960 bits per heavy atom. The number of benzene rings is 2. The van der Waals surface area contributed by atoms with Crippen molar-refractivity contribution in [1.82, 2.24) is 0 Å². The van der Waals surface area contributed by atoms with Crippen LogP contribution in [0.5, 0.6) is 0 Å². The van der Waals surface area contributed by atoms with Crippen LogP contribution in [-0.4, -0.2) is 12.6 Å². The van der Waals surface area contributed by atoms with Crippen LogP contribution in [0.15, 0.2) is 71.1 Å². The largest absolute Gasteiger partial charge is 0.462 e. The minimum atomic E-state index is -0.301. The minimum Gasteiger partial charge on any atom is -0.462 e. The molecule has 25 heavy (non-hydrogen) atoms. The second-order valence-corrected chi connectivity index (χ2v) is 5.75. The van der Waals surface area contributed by atoms with Crippen molar-refractivity contribution in [3.63, 3.8) is 0 Å². The molecule has 0 fully saturated rings. The summed E-state index contributed by atoms with van der Waals surface area (Å²) in [7, 11) is 0. The fourth-order valence-corrected chi connectivity index (χ4v) is 2.62. The molecule has 0 spiro atoms. The van der Waals surface area contributed by atoms with Gasteiger partial charge in [-0.2, -0.15) is 0 Å². The van der Waals surface area contributed by atoms with Gasteiger partial charge in [-0.05, 0) is 31.2 Å². The number of carbonyl (C=O) groups is 1. The van der Waals surface area contributed by atoms with Gasteiger partial charge in [-0.3, -0.25) is 0 Å². The highest BCUT2D eigenvalue weighted by Crippen LogP contribution is 2.22. The van der Waals surface area contributed by atoms with E-state index in [4.69, 9.17) is 9.15 Å². The van der Waals surface area contributed by atoms with E-state index in [1.807, 2.05) is 42.5 Å². The smallest absolute Gasteiger partial charge is 0.338 e. The maximum atomic E-state index is 11.7. The molecule has 0 radical (unpaired) electrons. The minimum absolute atomic E-state index is 0.301. The lowest BCUT2D eigenvalue weighted by atomic mass is 10.1. The third-order valence-corrected chi connectivity index (χ3v) is 3.91. The highest BCUT2D eigenvalue weighted by Gasteiger charge is 2.09. The molecule has 0 saturated carbocycles. The highest BCUT2D eigenvalue weighted by atomic mass is 16.5. The van der Waals surface area contributed by atoms with Crippen LogP contribution in [0.25, 0.3) is 11.3 Å². The van der Waals surface area contributed by atoms with Crippen LogP contribution in [0.4, 0.5) is 0 Å². The topological polar surface area (TPSA) is 56.0 Å². The lowest BCUT2D eigenvalue weighted by molar-refractivity contribution is -0.687. The maximum Gasteiger partial charge on any atom is 0.338 e. The first-order valence-electron chi connectivity index (χ1n) is 8.48. The summed E-state index contributed by atoms with van der Waals surface area (Å²) >= 11 is 0. The standard InChI is InChI=1S/C21H21NO3/c1-2-24-21(23)18-10-8-17(9-11-18)20-13-12-19(25-20)15-22-14-16-6-4-3-5-7-16/h3-13,22H,2,14-15H2,1H3/p+1. The van der Waals surface area contributed by atoms with E-state index in [0.29, 0.717) is 12.2 Å². The van der Waals surface area contributed by atoms with Gasteiger partial charge in [0.2, 0.25) is 0 Å². The van der Waals surface area contributed by atoms with Crippen LogP contribution in [-0.2, 0) is 17.8 Å². The van der Waals surface area contributed by atoms with Crippen molar-refractivity contribution in [2.24, 2.45) is 0 Å². The quantitative estimate of drug-likeness (QED) is 0.673. The molecule has 0 atom stereocenters. The second-order valence-electron chi connectivity index (χ2n) is 5.75. The molecule has 2 N–H and O–H groups in total. The molecule has 4 heteroatoms. The average Bonchev–Trinajstić information content (AvgIpc) is 3.12. The molecule has 3 aromatic rings. The summed E-state index contributed by atoms with van der Waals surface area (Å²) in [6, 6.07) is 21.6. The lowest BCUT2D eigenvalue weighted by Crippen LogP contribution is -2.80. The number of nitrogens with two attached hydrogens (primary N) is 1. The fraction of sp³-hybridized carbons (Fsp3) is 0.190. The van der Waals surface area contributed by atoms with Gasteiger partial charge >= 0.3 is 5.97 Å². The fourth-order valence-electron chi connectivity index (χ4n) is 2.62. The lowest BCUT2D eigenvalue weighted by Gasteiger charge is -2.03. The third-order valence-electron chi connectivity index (χ3n) is 3.91. The van der Waals surface area contributed by atoms with Crippen LogP contribution < -0.4 is 5.32 Å². The Labute approximate surface area is 147 Å². The van der Waals surface area contributed by atoms with Crippen LogP contribution in [0.2, 0.25) is 0 Å². The molecule has 0 bridgehead atoms. The molecule has 128 valence electrons. The molecule has 0 unspecified atom stereocenters. The van der Waals surface area contributed by atoms with Crippen LogP contribution in [0.1, 0.15) is 28.6 Å². The number of hydrogen-bond donors (Lipinski definition) is 1. The van der Waals surface area contributed by atoms with Gasteiger partial charge in [0.25, 0.3) is 0 Å². The van der Waals surface area contributed by atoms with E-state index in [1.54, 1.807) is 19.1 Å². The van der Waals surface area contributed by atoms with Crippen molar-refractivity contribution in [3.8, 4) is 11.3 Å². The Kier molecular flexibility index (Phi) is 5.65. The molecule has 1 heterocycles. The van der Waals surface area contributed by atoms with Crippen molar-refractivity contribution in [1.29, 1.82) is 0 Å². The van der Waals surface area contributed by atoms with Crippen molar-refractivity contribution in [2.75, 3.05) is 6.61 Å². The molecular formula is C21H22NO3+. The van der Waals surface area contributed by atoms with Gasteiger partial charge in [-0.1, -0.05) is 42.5 Å². The van der Waals surface area contributed by atoms with Crippen LogP contribution in [0.3, 0.4) is 0 Å². The number of esters is 1. The summed E-state index contributed by atoms with van der Waals surface area (Å²) in [5.74, 6) is 1.43. The summed E-state index contributed by atoms with van der Waals surface area (Å²) in [5.41, 5.74) is 2.79. The van der Waals surface area contributed by atoms with Gasteiger partial charge in [0.05, 0.1) is 12.2 Å². The maximum absolute atomic E-state index is 11.7. The number of quaternary nitrogens is 1. The molecule has 0 aliphatic carbocycles. The summed E-state index contributed by atoms with van der Waals surface area (Å²) in [4.78, 5) is 11.7. The first kappa shape index (κ1) is 17.0. The van der Waals surface area contributed by atoms with Crippen molar-refractivity contribution >= 4 is 5.97 Å². The van der Waals surface area contributed by atoms with Gasteiger partial charge in [0.1, 0.15) is 18.8 Å². The first-order valence-corrected chi connectivity index (χ1v) is 8.48. The van der Waals surface area contributed by atoms with E-state index in [1.165, 1.54) is 5.56 Å². The molecular weight excluding hydrogens is 314 g/mol. The third kappa shape index (κ3) is 4.58. The zero-order valence-corrected chi connectivity index (χ0v) is 14.3. The number of furan rings is 1. The van der Waals surface area contributed by atoms with E-state index in [2.05, 4.69) is 17.4 Å².